The first-order valence-electron chi connectivity index (χ1n) is 7.09. The molecule has 23 heavy (non-hydrogen) atoms. The summed E-state index contributed by atoms with van der Waals surface area (Å²) < 4.78 is 12.8. The van der Waals surface area contributed by atoms with E-state index < -0.39 is 0 Å². The highest BCUT2D eigenvalue weighted by atomic mass is 32.2. The van der Waals surface area contributed by atoms with E-state index in [2.05, 4.69) is 10.6 Å². The van der Waals surface area contributed by atoms with Crippen LogP contribution in [0.2, 0.25) is 0 Å². The minimum Gasteiger partial charge on any atom is -0.326 e. The molecule has 0 spiro atoms. The first kappa shape index (κ1) is 17.0. The molecule has 0 heterocycles. The van der Waals surface area contributed by atoms with Crippen LogP contribution < -0.4 is 10.6 Å². The van der Waals surface area contributed by atoms with Crippen LogP contribution in [0.1, 0.15) is 13.3 Å². The van der Waals surface area contributed by atoms with Gasteiger partial charge in [0.15, 0.2) is 0 Å². The van der Waals surface area contributed by atoms with Crippen molar-refractivity contribution in [3.05, 3.63) is 54.3 Å². The smallest absolute Gasteiger partial charge is 0.225 e. The van der Waals surface area contributed by atoms with Crippen molar-refractivity contribution in [1.29, 1.82) is 0 Å². The van der Waals surface area contributed by atoms with Gasteiger partial charge in [-0.15, -0.1) is 11.8 Å². The Labute approximate surface area is 138 Å². The van der Waals surface area contributed by atoms with Gasteiger partial charge in [-0.25, -0.2) is 4.39 Å². The van der Waals surface area contributed by atoms with Crippen LogP contribution >= 0.6 is 11.8 Å². The van der Waals surface area contributed by atoms with E-state index in [1.165, 1.54) is 30.8 Å². The zero-order chi connectivity index (χ0) is 16.7. The molecular formula is C17H17FN2O2S. The van der Waals surface area contributed by atoms with Gasteiger partial charge in [-0.3, -0.25) is 9.59 Å². The molecule has 6 heteroatoms. The summed E-state index contributed by atoms with van der Waals surface area (Å²) in [5, 5.41) is 5.45. The fraction of sp³-hybridized carbons (Fsp3) is 0.176. The molecule has 120 valence electrons. The number of hydrogen-bond acceptors (Lipinski definition) is 3. The Morgan fingerprint density at radius 3 is 2.09 bits per heavy atom. The van der Waals surface area contributed by atoms with E-state index in [1.807, 2.05) is 0 Å². The zero-order valence-corrected chi connectivity index (χ0v) is 13.5. The molecule has 0 aliphatic heterocycles. The maximum absolute atomic E-state index is 12.8. The highest BCUT2D eigenvalue weighted by Crippen LogP contribution is 2.19. The molecule has 0 aliphatic carbocycles. The summed E-state index contributed by atoms with van der Waals surface area (Å²) in [4.78, 5) is 23.7. The minimum absolute atomic E-state index is 0.0908. The summed E-state index contributed by atoms with van der Waals surface area (Å²) >= 11 is 1.50. The number of carbonyl (C=O) groups is 2. The fourth-order valence-corrected chi connectivity index (χ4v) is 2.71. The Hall–Kier alpha value is -2.34. The van der Waals surface area contributed by atoms with Crippen molar-refractivity contribution in [2.75, 3.05) is 16.4 Å². The van der Waals surface area contributed by atoms with Crippen molar-refractivity contribution in [1.82, 2.24) is 0 Å². The molecule has 2 N–H and O–H groups in total. The molecule has 0 atom stereocenters. The second-order valence-electron chi connectivity index (χ2n) is 4.86. The summed E-state index contributed by atoms with van der Waals surface area (Å²) in [5.41, 5.74) is 1.36. The summed E-state index contributed by atoms with van der Waals surface area (Å²) in [6.45, 7) is 1.44. The van der Waals surface area contributed by atoms with Gasteiger partial charge in [0.05, 0.1) is 0 Å². The summed E-state index contributed by atoms with van der Waals surface area (Å²) in [6.07, 6.45) is 0.357. The average Bonchev–Trinajstić information content (AvgIpc) is 2.51. The van der Waals surface area contributed by atoms with Gasteiger partial charge < -0.3 is 10.6 Å². The van der Waals surface area contributed by atoms with Crippen LogP contribution in [0.25, 0.3) is 0 Å². The molecule has 0 saturated carbocycles. The Bertz CT molecular complexity index is 672. The van der Waals surface area contributed by atoms with Gasteiger partial charge in [0.25, 0.3) is 0 Å². The van der Waals surface area contributed by atoms with Gasteiger partial charge in [-0.2, -0.15) is 0 Å². The topological polar surface area (TPSA) is 58.2 Å². The Balaban J connectivity index is 1.76. The molecule has 2 rings (SSSR count). The Morgan fingerprint density at radius 1 is 0.957 bits per heavy atom. The largest absolute Gasteiger partial charge is 0.326 e. The average molecular weight is 332 g/mol. The van der Waals surface area contributed by atoms with Crippen LogP contribution in [0.15, 0.2) is 53.4 Å². The van der Waals surface area contributed by atoms with Crippen LogP contribution in [-0.4, -0.2) is 17.6 Å². The monoisotopic (exact) mass is 332 g/mol. The van der Waals surface area contributed by atoms with E-state index in [9.17, 15) is 14.0 Å². The molecule has 0 bridgehead atoms. The Kier molecular flexibility index (Phi) is 6.17. The van der Waals surface area contributed by atoms with Crippen molar-refractivity contribution in [3.63, 3.8) is 0 Å². The number of rotatable bonds is 6. The van der Waals surface area contributed by atoms with E-state index in [1.54, 1.807) is 36.4 Å². The van der Waals surface area contributed by atoms with Crippen LogP contribution in [0.3, 0.4) is 0 Å². The first-order valence-corrected chi connectivity index (χ1v) is 8.07. The van der Waals surface area contributed by atoms with E-state index >= 15 is 0 Å². The van der Waals surface area contributed by atoms with Crippen molar-refractivity contribution >= 4 is 35.0 Å². The van der Waals surface area contributed by atoms with Gasteiger partial charge in [-0.05, 0) is 48.5 Å². The number of nitrogens with one attached hydrogen (secondary N) is 2. The number of thioether (sulfide) groups is 1. The second kappa shape index (κ2) is 8.33. The molecule has 2 aromatic carbocycles. The van der Waals surface area contributed by atoms with Crippen molar-refractivity contribution < 1.29 is 14.0 Å². The molecule has 2 amide bonds. The lowest BCUT2D eigenvalue weighted by atomic mass is 10.2. The Morgan fingerprint density at radius 2 is 1.52 bits per heavy atom. The quantitative estimate of drug-likeness (QED) is 0.789. The molecule has 0 saturated heterocycles. The van der Waals surface area contributed by atoms with Crippen LogP contribution in [0.4, 0.5) is 15.8 Å². The number of amides is 2. The number of hydrogen-bond donors (Lipinski definition) is 2. The lowest BCUT2D eigenvalue weighted by Gasteiger charge is -2.07. The van der Waals surface area contributed by atoms with Crippen molar-refractivity contribution in [3.8, 4) is 0 Å². The maximum Gasteiger partial charge on any atom is 0.225 e. The summed E-state index contributed by atoms with van der Waals surface area (Å²) in [6, 6.07) is 13.1. The standard InChI is InChI=1S/C17H17FN2O2S/c1-12(21)19-14-4-6-15(7-5-14)20-17(22)10-11-23-16-8-2-13(18)3-9-16/h2-9H,10-11H2,1H3,(H,19,21)(H,20,22). The van der Waals surface area contributed by atoms with Gasteiger partial charge >= 0.3 is 0 Å². The first-order chi connectivity index (χ1) is 11.0. The number of anilines is 2. The molecule has 0 unspecified atom stereocenters. The van der Waals surface area contributed by atoms with Gasteiger partial charge in [-0.1, -0.05) is 0 Å². The maximum atomic E-state index is 12.8. The van der Waals surface area contributed by atoms with Crippen LogP contribution in [-0.2, 0) is 9.59 Å². The number of benzene rings is 2. The van der Waals surface area contributed by atoms with Gasteiger partial charge in [0.1, 0.15) is 5.82 Å². The molecule has 0 aliphatic rings. The predicted octanol–water partition coefficient (Wildman–Crippen LogP) is 3.91. The third kappa shape index (κ3) is 6.12. The molecule has 4 nitrogen and oxygen atoms in total. The summed E-state index contributed by atoms with van der Waals surface area (Å²) in [7, 11) is 0. The third-order valence-corrected chi connectivity index (χ3v) is 3.91. The second-order valence-corrected chi connectivity index (χ2v) is 6.03. The van der Waals surface area contributed by atoms with Gasteiger partial charge in [0.2, 0.25) is 11.8 Å². The van der Waals surface area contributed by atoms with Crippen molar-refractivity contribution in [2.45, 2.75) is 18.2 Å². The highest BCUT2D eigenvalue weighted by Gasteiger charge is 2.04. The normalized spacial score (nSPS) is 10.2. The van der Waals surface area contributed by atoms with Crippen LogP contribution in [0, 0.1) is 5.82 Å². The van der Waals surface area contributed by atoms with Crippen molar-refractivity contribution in [2.24, 2.45) is 0 Å². The van der Waals surface area contributed by atoms with Gasteiger partial charge in [0, 0.05) is 35.4 Å². The predicted molar refractivity (Wildman–Crippen MR) is 91.1 cm³/mol. The zero-order valence-electron chi connectivity index (χ0n) is 12.6. The molecule has 0 aromatic heterocycles. The lowest BCUT2D eigenvalue weighted by molar-refractivity contribution is -0.116. The van der Waals surface area contributed by atoms with E-state index in [4.69, 9.17) is 0 Å². The molecule has 2 aromatic rings. The number of halogens is 1. The molecular weight excluding hydrogens is 315 g/mol. The SMILES string of the molecule is CC(=O)Nc1ccc(NC(=O)CCSc2ccc(F)cc2)cc1. The molecule has 0 radical (unpaired) electrons. The lowest BCUT2D eigenvalue weighted by Crippen LogP contribution is -2.12. The van der Waals surface area contributed by atoms with Crippen LogP contribution in [0.5, 0.6) is 0 Å². The highest BCUT2D eigenvalue weighted by molar-refractivity contribution is 7.99. The third-order valence-electron chi connectivity index (χ3n) is 2.90. The fourth-order valence-electron chi connectivity index (χ4n) is 1.86. The van der Waals surface area contributed by atoms with E-state index in [0.717, 1.165) is 4.90 Å². The minimum atomic E-state index is -0.269. The van der Waals surface area contributed by atoms with E-state index in [-0.39, 0.29) is 17.6 Å². The molecule has 0 fully saturated rings. The summed E-state index contributed by atoms with van der Waals surface area (Å²) in [5.74, 6) is 0.114. The van der Waals surface area contributed by atoms with E-state index in [0.29, 0.717) is 23.5 Å². The number of carbonyl (C=O) groups excluding carboxylic acids is 2.